The van der Waals surface area contributed by atoms with Crippen LogP contribution in [0.3, 0.4) is 0 Å². The highest BCUT2D eigenvalue weighted by atomic mass is 32.2. The van der Waals surface area contributed by atoms with E-state index >= 15 is 0 Å². The van der Waals surface area contributed by atoms with Crippen LogP contribution in [0.2, 0.25) is 0 Å². The highest BCUT2D eigenvalue weighted by Crippen LogP contribution is 2.55. The van der Waals surface area contributed by atoms with Crippen molar-refractivity contribution in [1.82, 2.24) is 0 Å². The average molecular weight is 382 g/mol. The van der Waals surface area contributed by atoms with E-state index in [-0.39, 0.29) is 35.4 Å². The molecule has 26 heavy (non-hydrogen) atoms. The van der Waals surface area contributed by atoms with Gasteiger partial charge < -0.3 is 4.74 Å². The minimum Gasteiger partial charge on any atom is -0.459 e. The van der Waals surface area contributed by atoms with Crippen LogP contribution in [0.15, 0.2) is 12.2 Å². The van der Waals surface area contributed by atoms with E-state index in [0.717, 1.165) is 32.1 Å². The maximum Gasteiger partial charge on any atom is 0.309 e. The predicted octanol–water partition coefficient (Wildman–Crippen LogP) is 2.38. The molecule has 2 bridgehead atoms. The summed E-state index contributed by atoms with van der Waals surface area (Å²) in [5.74, 6) is -0.542. The lowest BCUT2D eigenvalue weighted by atomic mass is 9.76. The van der Waals surface area contributed by atoms with Gasteiger partial charge in [0.15, 0.2) is 5.78 Å². The molecule has 4 aliphatic rings. The average Bonchev–Trinajstić information content (AvgIpc) is 3.19. The molecule has 1 heterocycles. The zero-order valence-electron chi connectivity index (χ0n) is 15.1. The molecule has 1 saturated heterocycles. The fourth-order valence-electron chi connectivity index (χ4n) is 5.44. The van der Waals surface area contributed by atoms with Crippen molar-refractivity contribution >= 4 is 21.9 Å². The molecule has 4 rings (SSSR count). The Morgan fingerprint density at radius 2 is 1.92 bits per heavy atom. The van der Waals surface area contributed by atoms with Gasteiger partial charge in [0.2, 0.25) is 0 Å². The third kappa shape index (κ3) is 2.93. The molecule has 7 heteroatoms. The third-order valence-electron chi connectivity index (χ3n) is 6.80. The Morgan fingerprint density at radius 3 is 2.65 bits per heavy atom. The van der Waals surface area contributed by atoms with Crippen LogP contribution in [-0.2, 0) is 28.6 Å². The van der Waals surface area contributed by atoms with Gasteiger partial charge in [-0.1, -0.05) is 19.4 Å². The number of carbonyl (C=O) groups excluding carboxylic acids is 2. The van der Waals surface area contributed by atoms with E-state index in [0.29, 0.717) is 18.4 Å². The number of esters is 1. The Labute approximate surface area is 154 Å². The lowest BCUT2D eigenvalue weighted by Gasteiger charge is -2.32. The number of allylic oxidation sites excluding steroid dienone is 1. The molecule has 144 valence electrons. The van der Waals surface area contributed by atoms with Gasteiger partial charge in [-0.3, -0.25) is 13.8 Å². The number of hydrogen-bond donors (Lipinski definition) is 0. The monoisotopic (exact) mass is 382 g/mol. The summed E-state index contributed by atoms with van der Waals surface area (Å²) in [5, 5.41) is -0.414. The second-order valence-electron chi connectivity index (χ2n) is 8.45. The first-order chi connectivity index (χ1) is 12.3. The molecule has 0 aromatic heterocycles. The van der Waals surface area contributed by atoms with Gasteiger partial charge in [0.05, 0.1) is 11.2 Å². The molecule has 3 saturated carbocycles. The molecule has 0 radical (unpaired) electrons. The van der Waals surface area contributed by atoms with Gasteiger partial charge >= 0.3 is 5.97 Å². The van der Waals surface area contributed by atoms with Gasteiger partial charge in [-0.15, -0.1) is 0 Å². The normalized spacial score (nSPS) is 42.6. The lowest BCUT2D eigenvalue weighted by Crippen LogP contribution is -2.40. The van der Waals surface area contributed by atoms with E-state index < -0.39 is 27.6 Å². The summed E-state index contributed by atoms with van der Waals surface area (Å²) >= 11 is 0. The highest BCUT2D eigenvalue weighted by Gasteiger charge is 2.65. The Bertz CT molecular complexity index is 741. The zero-order chi connectivity index (χ0) is 18.6. The second-order valence-corrected chi connectivity index (χ2v) is 10.2. The molecule has 0 spiro atoms. The van der Waals surface area contributed by atoms with Gasteiger partial charge in [0.1, 0.15) is 12.2 Å². The van der Waals surface area contributed by atoms with Gasteiger partial charge in [-0.25, -0.2) is 0 Å². The van der Waals surface area contributed by atoms with Crippen molar-refractivity contribution in [3.63, 3.8) is 0 Å². The first kappa shape index (κ1) is 18.2. The quantitative estimate of drug-likeness (QED) is 0.412. The Kier molecular flexibility index (Phi) is 4.50. The van der Waals surface area contributed by atoms with Crippen LogP contribution in [0.1, 0.15) is 51.9 Å². The molecular weight excluding hydrogens is 356 g/mol. The fourth-order valence-corrected chi connectivity index (χ4v) is 7.32. The molecule has 7 unspecified atom stereocenters. The zero-order valence-corrected chi connectivity index (χ0v) is 15.9. The van der Waals surface area contributed by atoms with Crippen molar-refractivity contribution in [2.24, 2.45) is 23.7 Å². The van der Waals surface area contributed by atoms with Crippen LogP contribution in [0.25, 0.3) is 0 Å². The summed E-state index contributed by atoms with van der Waals surface area (Å²) in [6.07, 6.45) is 4.18. The Morgan fingerprint density at radius 1 is 1.19 bits per heavy atom. The van der Waals surface area contributed by atoms with Crippen molar-refractivity contribution < 1.29 is 26.9 Å². The SMILES string of the molecule is C=C(C)C(=O)CC1CCCCC1C(=O)OC1C2CC3C1OS(=O)(=O)C3C2. The topological polar surface area (TPSA) is 86.7 Å². The van der Waals surface area contributed by atoms with Crippen molar-refractivity contribution in [3.05, 3.63) is 12.2 Å². The van der Waals surface area contributed by atoms with Gasteiger partial charge in [0.25, 0.3) is 10.1 Å². The van der Waals surface area contributed by atoms with E-state index in [1.165, 1.54) is 0 Å². The smallest absolute Gasteiger partial charge is 0.309 e. The van der Waals surface area contributed by atoms with Crippen molar-refractivity contribution in [1.29, 1.82) is 0 Å². The van der Waals surface area contributed by atoms with Gasteiger partial charge in [-0.2, -0.15) is 8.42 Å². The Balaban J connectivity index is 1.44. The molecule has 0 N–H and O–H groups in total. The van der Waals surface area contributed by atoms with Crippen molar-refractivity contribution in [2.75, 3.05) is 0 Å². The van der Waals surface area contributed by atoms with Crippen LogP contribution in [0, 0.1) is 23.7 Å². The number of hydrogen-bond acceptors (Lipinski definition) is 6. The number of ketones is 1. The molecule has 7 atom stereocenters. The number of rotatable bonds is 5. The first-order valence-corrected chi connectivity index (χ1v) is 11.1. The van der Waals surface area contributed by atoms with Gasteiger partial charge in [-0.05, 0) is 44.1 Å². The molecule has 3 aliphatic carbocycles. The summed E-state index contributed by atoms with van der Waals surface area (Å²) in [5.41, 5.74) is 0.520. The van der Waals surface area contributed by atoms with Crippen LogP contribution in [0.5, 0.6) is 0 Å². The summed E-state index contributed by atoms with van der Waals surface area (Å²) in [6.45, 7) is 5.40. The summed E-state index contributed by atoms with van der Waals surface area (Å²) in [7, 11) is -3.51. The maximum absolute atomic E-state index is 12.9. The molecule has 6 nitrogen and oxygen atoms in total. The second kappa shape index (κ2) is 6.44. The minimum absolute atomic E-state index is 0.00249. The van der Waals surface area contributed by atoms with E-state index in [1.807, 2.05) is 0 Å². The summed E-state index contributed by atoms with van der Waals surface area (Å²) in [4.78, 5) is 24.9. The van der Waals surface area contributed by atoms with Gasteiger partial charge in [0, 0.05) is 18.3 Å². The number of ether oxygens (including phenoxy) is 1. The molecule has 0 amide bonds. The van der Waals surface area contributed by atoms with Crippen molar-refractivity contribution in [2.45, 2.75) is 69.3 Å². The maximum atomic E-state index is 12.9. The summed E-state index contributed by atoms with van der Waals surface area (Å²) < 4.78 is 35.2. The first-order valence-electron chi connectivity index (χ1n) is 9.59. The van der Waals surface area contributed by atoms with Crippen LogP contribution >= 0.6 is 0 Å². The largest absolute Gasteiger partial charge is 0.459 e. The van der Waals surface area contributed by atoms with Crippen LogP contribution in [-0.4, -0.2) is 37.6 Å². The molecule has 1 aliphatic heterocycles. The molecular formula is C19H26O6S. The number of carbonyl (C=O) groups is 2. The van der Waals surface area contributed by atoms with Crippen LogP contribution in [0.4, 0.5) is 0 Å². The molecule has 4 fully saturated rings. The predicted molar refractivity (Wildman–Crippen MR) is 93.6 cm³/mol. The summed E-state index contributed by atoms with van der Waals surface area (Å²) in [6, 6.07) is 0. The standard InChI is InChI=1S/C19H26O6S/c1-10(2)15(20)8-11-5-3-4-6-13(11)19(21)24-17-12-7-14-16(9-12)26(22,23)25-18(14)17/h11-14,16-18H,1,3-9H2,2H3. The Hall–Kier alpha value is -1.21. The third-order valence-corrected chi connectivity index (χ3v) is 8.58. The minimum atomic E-state index is -3.51. The fraction of sp³-hybridized carbons (Fsp3) is 0.789. The number of Topliss-reactive ketones (excluding diaryl/α,β-unsaturated/α-hetero) is 1. The van der Waals surface area contributed by atoms with Crippen LogP contribution < -0.4 is 0 Å². The van der Waals surface area contributed by atoms with E-state index in [9.17, 15) is 18.0 Å². The highest BCUT2D eigenvalue weighted by molar-refractivity contribution is 7.87. The van der Waals surface area contributed by atoms with E-state index in [1.54, 1.807) is 6.92 Å². The molecule has 0 aromatic rings. The van der Waals surface area contributed by atoms with E-state index in [2.05, 4.69) is 6.58 Å². The number of fused-ring (bicyclic) bond motifs is 1. The van der Waals surface area contributed by atoms with E-state index in [4.69, 9.17) is 8.92 Å². The molecule has 0 aromatic carbocycles. The lowest BCUT2D eigenvalue weighted by molar-refractivity contribution is -0.164. The van der Waals surface area contributed by atoms with Crippen molar-refractivity contribution in [3.8, 4) is 0 Å².